The van der Waals surface area contributed by atoms with Gasteiger partial charge in [0, 0.05) is 5.69 Å². The monoisotopic (exact) mass is 354 g/mol. The fourth-order valence-corrected chi connectivity index (χ4v) is 2.17. The van der Waals surface area contributed by atoms with E-state index in [1.165, 1.54) is 37.5 Å². The summed E-state index contributed by atoms with van der Waals surface area (Å²) in [6.45, 7) is 3.81. The summed E-state index contributed by atoms with van der Waals surface area (Å²) in [6.07, 6.45) is 1.43. The third-order valence-corrected chi connectivity index (χ3v) is 3.33. The molecule has 0 saturated carbocycles. The normalized spacial score (nSPS) is 11.0. The lowest BCUT2D eigenvalue weighted by atomic mass is 10.1. The molecule has 0 aliphatic rings. The minimum absolute atomic E-state index is 0.0125. The second-order valence-corrected chi connectivity index (χ2v) is 5.71. The van der Waals surface area contributed by atoms with Crippen LogP contribution in [0.5, 0.6) is 11.5 Å². The number of hydrogen-bond donors (Lipinski definition) is 1. The van der Waals surface area contributed by atoms with E-state index in [2.05, 4.69) is 5.32 Å². The second kappa shape index (κ2) is 8.67. The molecule has 2 aromatic carbocycles. The summed E-state index contributed by atoms with van der Waals surface area (Å²) in [4.78, 5) is 12.2. The van der Waals surface area contributed by atoms with Crippen LogP contribution in [0.25, 0.3) is 6.08 Å². The molecule has 0 atom stereocenters. The van der Waals surface area contributed by atoms with E-state index in [-0.39, 0.29) is 11.7 Å². The molecule has 0 saturated heterocycles. The van der Waals surface area contributed by atoms with E-state index in [0.29, 0.717) is 22.7 Å². The SMILES string of the molecule is COc1cc(/C=C(\C#N)C(=O)Nc2ccc(F)cc2)ccc1OC(C)C. The minimum Gasteiger partial charge on any atom is -0.493 e. The first-order chi connectivity index (χ1) is 12.4. The van der Waals surface area contributed by atoms with Gasteiger partial charge in [-0.15, -0.1) is 0 Å². The summed E-state index contributed by atoms with van der Waals surface area (Å²) in [5.74, 6) is 0.0908. The fourth-order valence-electron chi connectivity index (χ4n) is 2.17. The van der Waals surface area contributed by atoms with E-state index in [4.69, 9.17) is 9.47 Å². The Morgan fingerprint density at radius 2 is 1.88 bits per heavy atom. The number of carbonyl (C=O) groups is 1. The van der Waals surface area contributed by atoms with Crippen molar-refractivity contribution >= 4 is 17.7 Å². The maximum absolute atomic E-state index is 12.9. The number of nitrogens with one attached hydrogen (secondary N) is 1. The van der Waals surface area contributed by atoms with Crippen LogP contribution in [0.2, 0.25) is 0 Å². The molecule has 2 rings (SSSR count). The average molecular weight is 354 g/mol. The van der Waals surface area contributed by atoms with Crippen molar-refractivity contribution in [1.82, 2.24) is 0 Å². The molecule has 1 amide bonds. The third-order valence-electron chi connectivity index (χ3n) is 3.33. The maximum atomic E-state index is 12.9. The fraction of sp³-hybridized carbons (Fsp3) is 0.200. The van der Waals surface area contributed by atoms with Crippen LogP contribution >= 0.6 is 0 Å². The molecule has 0 fully saturated rings. The van der Waals surface area contributed by atoms with Gasteiger partial charge in [-0.2, -0.15) is 5.26 Å². The summed E-state index contributed by atoms with van der Waals surface area (Å²) < 4.78 is 23.9. The van der Waals surface area contributed by atoms with Gasteiger partial charge in [-0.05, 0) is 61.9 Å². The highest BCUT2D eigenvalue weighted by Gasteiger charge is 2.12. The largest absolute Gasteiger partial charge is 0.493 e. The first kappa shape index (κ1) is 19.0. The van der Waals surface area contributed by atoms with Crippen molar-refractivity contribution in [2.45, 2.75) is 20.0 Å². The topological polar surface area (TPSA) is 71.3 Å². The summed E-state index contributed by atoms with van der Waals surface area (Å²) in [5.41, 5.74) is 0.925. The van der Waals surface area contributed by atoms with Crippen molar-refractivity contribution in [2.24, 2.45) is 0 Å². The molecule has 0 unspecified atom stereocenters. The van der Waals surface area contributed by atoms with Gasteiger partial charge in [-0.1, -0.05) is 6.07 Å². The number of ether oxygens (including phenoxy) is 2. The molecule has 0 heterocycles. The Morgan fingerprint density at radius 3 is 2.46 bits per heavy atom. The molecule has 0 aliphatic carbocycles. The van der Waals surface area contributed by atoms with Crippen LogP contribution in [0.1, 0.15) is 19.4 Å². The van der Waals surface area contributed by atoms with Crippen LogP contribution in [0, 0.1) is 17.1 Å². The highest BCUT2D eigenvalue weighted by Crippen LogP contribution is 2.29. The quantitative estimate of drug-likeness (QED) is 0.624. The van der Waals surface area contributed by atoms with E-state index < -0.39 is 11.7 Å². The van der Waals surface area contributed by atoms with Crippen LogP contribution in [0.4, 0.5) is 10.1 Å². The predicted octanol–water partition coefficient (Wildman–Crippen LogP) is 4.17. The molecule has 134 valence electrons. The first-order valence-electron chi connectivity index (χ1n) is 7.96. The zero-order valence-corrected chi connectivity index (χ0v) is 14.7. The highest BCUT2D eigenvalue weighted by atomic mass is 19.1. The Balaban J connectivity index is 2.23. The Labute approximate surface area is 151 Å². The first-order valence-corrected chi connectivity index (χ1v) is 7.96. The van der Waals surface area contributed by atoms with Crippen molar-refractivity contribution < 1.29 is 18.7 Å². The molecule has 6 heteroatoms. The van der Waals surface area contributed by atoms with Crippen LogP contribution in [0.3, 0.4) is 0 Å². The molecule has 0 bridgehead atoms. The molecule has 0 aliphatic heterocycles. The van der Waals surface area contributed by atoms with Gasteiger partial charge in [0.05, 0.1) is 13.2 Å². The standard InChI is InChI=1S/C20H19FN2O3/c1-13(2)26-18-9-4-14(11-19(18)25-3)10-15(12-22)20(24)23-17-7-5-16(21)6-8-17/h4-11,13H,1-3H3,(H,23,24)/b15-10+. The number of anilines is 1. The van der Waals surface area contributed by atoms with Gasteiger partial charge in [0.1, 0.15) is 17.5 Å². The van der Waals surface area contributed by atoms with Crippen molar-refractivity contribution in [3.8, 4) is 17.6 Å². The smallest absolute Gasteiger partial charge is 0.266 e. The number of rotatable bonds is 6. The molecule has 1 N–H and O–H groups in total. The minimum atomic E-state index is -0.583. The summed E-state index contributed by atoms with van der Waals surface area (Å²) in [5, 5.41) is 11.8. The third kappa shape index (κ3) is 5.08. The lowest BCUT2D eigenvalue weighted by molar-refractivity contribution is -0.112. The number of nitrogens with zero attached hydrogens (tertiary/aromatic N) is 1. The Hall–Kier alpha value is -3.33. The van der Waals surface area contributed by atoms with E-state index in [1.54, 1.807) is 18.2 Å². The molecule has 2 aromatic rings. The molecule has 0 aromatic heterocycles. The van der Waals surface area contributed by atoms with Gasteiger partial charge in [0.2, 0.25) is 0 Å². The van der Waals surface area contributed by atoms with Crippen molar-refractivity contribution in [3.63, 3.8) is 0 Å². The van der Waals surface area contributed by atoms with E-state index >= 15 is 0 Å². The summed E-state index contributed by atoms with van der Waals surface area (Å²) in [7, 11) is 1.52. The Kier molecular flexibility index (Phi) is 6.34. The van der Waals surface area contributed by atoms with Crippen LogP contribution in [-0.4, -0.2) is 19.1 Å². The summed E-state index contributed by atoms with van der Waals surface area (Å²) >= 11 is 0. The van der Waals surface area contributed by atoms with Crippen LogP contribution in [0.15, 0.2) is 48.0 Å². The lowest BCUT2D eigenvalue weighted by Crippen LogP contribution is -2.13. The van der Waals surface area contributed by atoms with E-state index in [1.807, 2.05) is 19.9 Å². The molecule has 0 radical (unpaired) electrons. The number of carbonyl (C=O) groups excluding carboxylic acids is 1. The van der Waals surface area contributed by atoms with E-state index in [9.17, 15) is 14.4 Å². The van der Waals surface area contributed by atoms with Crippen molar-refractivity contribution in [2.75, 3.05) is 12.4 Å². The van der Waals surface area contributed by atoms with Gasteiger partial charge < -0.3 is 14.8 Å². The van der Waals surface area contributed by atoms with Gasteiger partial charge in [0.15, 0.2) is 11.5 Å². The predicted molar refractivity (Wildman–Crippen MR) is 97.4 cm³/mol. The highest BCUT2D eigenvalue weighted by molar-refractivity contribution is 6.09. The van der Waals surface area contributed by atoms with Crippen LogP contribution in [-0.2, 0) is 4.79 Å². The number of hydrogen-bond acceptors (Lipinski definition) is 4. The van der Waals surface area contributed by atoms with Crippen molar-refractivity contribution in [3.05, 3.63) is 59.4 Å². The summed E-state index contributed by atoms with van der Waals surface area (Å²) in [6, 6.07) is 12.3. The Bertz CT molecular complexity index is 852. The van der Waals surface area contributed by atoms with Gasteiger partial charge in [0.25, 0.3) is 5.91 Å². The Morgan fingerprint density at radius 1 is 1.19 bits per heavy atom. The number of benzene rings is 2. The van der Waals surface area contributed by atoms with Crippen molar-refractivity contribution in [1.29, 1.82) is 5.26 Å². The average Bonchev–Trinajstić information content (AvgIpc) is 2.62. The zero-order chi connectivity index (χ0) is 19.1. The second-order valence-electron chi connectivity index (χ2n) is 5.71. The molecular weight excluding hydrogens is 335 g/mol. The molecular formula is C20H19FN2O3. The van der Waals surface area contributed by atoms with Crippen LogP contribution < -0.4 is 14.8 Å². The lowest BCUT2D eigenvalue weighted by Gasteiger charge is -2.13. The van der Waals surface area contributed by atoms with Gasteiger partial charge in [-0.3, -0.25) is 4.79 Å². The zero-order valence-electron chi connectivity index (χ0n) is 14.7. The molecule has 0 spiro atoms. The van der Waals surface area contributed by atoms with E-state index in [0.717, 1.165) is 0 Å². The van der Waals surface area contributed by atoms with Gasteiger partial charge >= 0.3 is 0 Å². The van der Waals surface area contributed by atoms with Gasteiger partial charge in [-0.25, -0.2) is 4.39 Å². The molecule has 26 heavy (non-hydrogen) atoms. The molecule has 5 nitrogen and oxygen atoms in total. The number of amides is 1. The number of methoxy groups -OCH3 is 1. The maximum Gasteiger partial charge on any atom is 0.266 e. The number of halogens is 1. The number of nitriles is 1.